The zero-order valence-corrected chi connectivity index (χ0v) is 11.4. The van der Waals surface area contributed by atoms with Gasteiger partial charge >= 0.3 is 0 Å². The van der Waals surface area contributed by atoms with Crippen LogP contribution in [0.1, 0.15) is 23.0 Å². The maximum atomic E-state index is 11.9. The summed E-state index contributed by atoms with van der Waals surface area (Å²) in [6.07, 6.45) is 0.699. The molecule has 5 heteroatoms. The molecule has 98 valence electrons. The molecule has 0 saturated heterocycles. The fourth-order valence-corrected chi connectivity index (χ4v) is 2.36. The molecular formula is C14H14N2O2S. The van der Waals surface area contributed by atoms with Crippen LogP contribution >= 0.6 is 11.8 Å². The Bertz CT molecular complexity index is 623. The monoisotopic (exact) mass is 274 g/mol. The Balaban J connectivity index is 2.05. The predicted molar refractivity (Wildman–Crippen MR) is 75.7 cm³/mol. The average Bonchev–Trinajstić information content (AvgIpc) is 2.45. The number of rotatable bonds is 5. The van der Waals surface area contributed by atoms with Gasteiger partial charge in [0.1, 0.15) is 0 Å². The van der Waals surface area contributed by atoms with Crippen molar-refractivity contribution in [2.24, 2.45) is 0 Å². The number of ketones is 1. The summed E-state index contributed by atoms with van der Waals surface area (Å²) in [4.78, 5) is 30.2. The van der Waals surface area contributed by atoms with Crippen molar-refractivity contribution < 1.29 is 4.79 Å². The summed E-state index contributed by atoms with van der Waals surface area (Å²) in [7, 11) is 0. The van der Waals surface area contributed by atoms with Crippen LogP contribution < -0.4 is 5.56 Å². The third-order valence-electron chi connectivity index (χ3n) is 2.57. The quantitative estimate of drug-likeness (QED) is 0.516. The van der Waals surface area contributed by atoms with E-state index in [0.717, 1.165) is 5.69 Å². The lowest BCUT2D eigenvalue weighted by Gasteiger charge is -2.02. The summed E-state index contributed by atoms with van der Waals surface area (Å²) in [6.45, 7) is 1.94. The van der Waals surface area contributed by atoms with Crippen LogP contribution in [-0.4, -0.2) is 21.5 Å². The van der Waals surface area contributed by atoms with E-state index < -0.39 is 0 Å². The van der Waals surface area contributed by atoms with E-state index in [9.17, 15) is 9.59 Å². The molecule has 0 radical (unpaired) electrons. The Morgan fingerprint density at radius 2 is 2.05 bits per heavy atom. The number of carbonyl (C=O) groups excluding carboxylic acids is 1. The normalized spacial score (nSPS) is 10.4. The molecule has 0 aliphatic carbocycles. The largest absolute Gasteiger partial charge is 0.301 e. The lowest BCUT2D eigenvalue weighted by Crippen LogP contribution is -2.11. The molecule has 1 heterocycles. The highest BCUT2D eigenvalue weighted by molar-refractivity contribution is 7.99. The van der Waals surface area contributed by atoms with Crippen LogP contribution in [0.4, 0.5) is 0 Å². The zero-order chi connectivity index (χ0) is 13.7. The molecule has 0 atom stereocenters. The minimum absolute atomic E-state index is 0.0233. The number of H-pyrrole nitrogens is 1. The van der Waals surface area contributed by atoms with Crippen molar-refractivity contribution in [2.75, 3.05) is 5.75 Å². The van der Waals surface area contributed by atoms with Gasteiger partial charge in [0.05, 0.1) is 5.75 Å². The molecule has 1 aromatic heterocycles. The van der Waals surface area contributed by atoms with E-state index in [1.165, 1.54) is 17.8 Å². The highest BCUT2D eigenvalue weighted by Gasteiger charge is 2.07. The highest BCUT2D eigenvalue weighted by atomic mass is 32.2. The second-order valence-corrected chi connectivity index (χ2v) is 4.94. The molecule has 0 aliphatic heterocycles. The fraction of sp³-hybridized carbons (Fsp3) is 0.214. The number of Topliss-reactive ketones (excluding diaryl/α,β-unsaturated/α-hetero) is 1. The third kappa shape index (κ3) is 3.79. The number of thioether (sulfide) groups is 1. The standard InChI is InChI=1S/C14H14N2O2S/c1-2-11-8-13(18)16-14(15-11)19-9-12(17)10-6-4-3-5-7-10/h3-8H,2,9H2,1H3,(H,15,16,18). The van der Waals surface area contributed by atoms with E-state index in [1.807, 2.05) is 25.1 Å². The number of hydrogen-bond donors (Lipinski definition) is 1. The van der Waals surface area contributed by atoms with E-state index in [1.54, 1.807) is 12.1 Å². The number of benzene rings is 1. The van der Waals surface area contributed by atoms with E-state index in [4.69, 9.17) is 0 Å². The number of nitrogens with zero attached hydrogens (tertiary/aromatic N) is 1. The first-order valence-electron chi connectivity index (χ1n) is 6.00. The summed E-state index contributed by atoms with van der Waals surface area (Å²) < 4.78 is 0. The van der Waals surface area contributed by atoms with Gasteiger partial charge in [-0.1, -0.05) is 49.0 Å². The van der Waals surface area contributed by atoms with Gasteiger partial charge in [-0.3, -0.25) is 9.59 Å². The zero-order valence-electron chi connectivity index (χ0n) is 10.6. The summed E-state index contributed by atoms with van der Waals surface area (Å²) in [6, 6.07) is 10.6. The number of carbonyl (C=O) groups is 1. The van der Waals surface area contributed by atoms with Crippen LogP contribution in [0.15, 0.2) is 46.3 Å². The van der Waals surface area contributed by atoms with Gasteiger partial charge in [0.25, 0.3) is 5.56 Å². The molecule has 0 saturated carbocycles. The number of hydrogen-bond acceptors (Lipinski definition) is 4. The number of nitrogens with one attached hydrogen (secondary N) is 1. The fourth-order valence-electron chi connectivity index (χ4n) is 1.57. The van der Waals surface area contributed by atoms with Gasteiger partial charge in [-0.2, -0.15) is 0 Å². The van der Waals surface area contributed by atoms with Gasteiger partial charge < -0.3 is 4.98 Å². The topological polar surface area (TPSA) is 62.8 Å². The average molecular weight is 274 g/mol. The van der Waals surface area contributed by atoms with E-state index in [-0.39, 0.29) is 17.1 Å². The van der Waals surface area contributed by atoms with Crippen molar-refractivity contribution in [2.45, 2.75) is 18.5 Å². The van der Waals surface area contributed by atoms with Crippen molar-refractivity contribution in [3.05, 3.63) is 58.0 Å². The first-order chi connectivity index (χ1) is 9.19. The van der Waals surface area contributed by atoms with Crippen LogP contribution in [-0.2, 0) is 6.42 Å². The summed E-state index contributed by atoms with van der Waals surface area (Å²) in [5, 5.41) is 0.494. The van der Waals surface area contributed by atoms with Crippen molar-refractivity contribution in [1.29, 1.82) is 0 Å². The first-order valence-corrected chi connectivity index (χ1v) is 6.99. The molecule has 0 fully saturated rings. The Hall–Kier alpha value is -1.88. The van der Waals surface area contributed by atoms with Crippen LogP contribution in [0, 0.1) is 0 Å². The molecule has 1 aromatic carbocycles. The Morgan fingerprint density at radius 1 is 1.32 bits per heavy atom. The summed E-state index contributed by atoms with van der Waals surface area (Å²) in [5.41, 5.74) is 1.23. The lowest BCUT2D eigenvalue weighted by atomic mass is 10.2. The van der Waals surface area contributed by atoms with Gasteiger partial charge in [0, 0.05) is 17.3 Å². The smallest absolute Gasteiger partial charge is 0.251 e. The molecule has 0 amide bonds. The number of aromatic nitrogens is 2. The summed E-state index contributed by atoms with van der Waals surface area (Å²) >= 11 is 1.25. The Kier molecular flexibility index (Phi) is 4.52. The molecule has 4 nitrogen and oxygen atoms in total. The van der Waals surface area contributed by atoms with Crippen molar-refractivity contribution in [3.8, 4) is 0 Å². The van der Waals surface area contributed by atoms with Gasteiger partial charge in [-0.15, -0.1) is 0 Å². The molecule has 19 heavy (non-hydrogen) atoms. The van der Waals surface area contributed by atoms with Gasteiger partial charge in [0.15, 0.2) is 10.9 Å². The maximum Gasteiger partial charge on any atom is 0.251 e. The maximum absolute atomic E-state index is 11.9. The van der Waals surface area contributed by atoms with E-state index >= 15 is 0 Å². The SMILES string of the molecule is CCc1cc(=O)[nH]c(SCC(=O)c2ccccc2)n1. The van der Waals surface area contributed by atoms with Crippen molar-refractivity contribution in [1.82, 2.24) is 9.97 Å². The molecule has 2 rings (SSSR count). The summed E-state index contributed by atoms with van der Waals surface area (Å²) in [5.74, 6) is 0.287. The van der Waals surface area contributed by atoms with Gasteiger partial charge in [0.2, 0.25) is 0 Å². The highest BCUT2D eigenvalue weighted by Crippen LogP contribution is 2.14. The van der Waals surface area contributed by atoms with E-state index in [0.29, 0.717) is 17.1 Å². The molecule has 0 bridgehead atoms. The van der Waals surface area contributed by atoms with E-state index in [2.05, 4.69) is 9.97 Å². The molecule has 2 aromatic rings. The number of aromatic amines is 1. The molecule has 0 spiro atoms. The third-order valence-corrected chi connectivity index (χ3v) is 3.44. The van der Waals surface area contributed by atoms with Crippen LogP contribution in [0.2, 0.25) is 0 Å². The van der Waals surface area contributed by atoms with Crippen molar-refractivity contribution in [3.63, 3.8) is 0 Å². The van der Waals surface area contributed by atoms with Gasteiger partial charge in [-0.05, 0) is 6.42 Å². The second kappa shape index (κ2) is 6.33. The van der Waals surface area contributed by atoms with Crippen LogP contribution in [0.25, 0.3) is 0 Å². The van der Waals surface area contributed by atoms with Gasteiger partial charge in [-0.25, -0.2) is 4.98 Å². The van der Waals surface area contributed by atoms with Crippen molar-refractivity contribution >= 4 is 17.5 Å². The molecule has 0 aliphatic rings. The molecular weight excluding hydrogens is 260 g/mol. The number of aryl methyl sites for hydroxylation is 1. The first kappa shape index (κ1) is 13.5. The Labute approximate surface area is 115 Å². The minimum atomic E-state index is -0.179. The minimum Gasteiger partial charge on any atom is -0.301 e. The predicted octanol–water partition coefficient (Wildman–Crippen LogP) is 2.31. The lowest BCUT2D eigenvalue weighted by molar-refractivity contribution is 0.102. The second-order valence-electron chi connectivity index (χ2n) is 3.97. The van der Waals surface area contributed by atoms with Crippen LogP contribution in [0.5, 0.6) is 0 Å². The van der Waals surface area contributed by atoms with Crippen LogP contribution in [0.3, 0.4) is 0 Å². The molecule has 0 unspecified atom stereocenters. The molecule has 1 N–H and O–H groups in total. The Morgan fingerprint density at radius 3 is 2.74 bits per heavy atom.